The normalized spacial score (nSPS) is 11.4. The summed E-state index contributed by atoms with van der Waals surface area (Å²) >= 11 is 1.65. The van der Waals surface area contributed by atoms with Gasteiger partial charge in [0.2, 0.25) is 0 Å². The number of pyridine rings is 1. The van der Waals surface area contributed by atoms with Crippen LogP contribution in [0.1, 0.15) is 16.8 Å². The lowest BCUT2D eigenvalue weighted by molar-refractivity contribution is 0.183. The monoisotopic (exact) mass is 329 g/mol. The Labute approximate surface area is 138 Å². The van der Waals surface area contributed by atoms with E-state index in [2.05, 4.69) is 21.3 Å². The van der Waals surface area contributed by atoms with Gasteiger partial charge in [-0.15, -0.1) is 0 Å². The quantitative estimate of drug-likeness (QED) is 0.752. The number of aromatic nitrogens is 2. The second-order valence-electron chi connectivity index (χ2n) is 5.54. The first kappa shape index (κ1) is 15.9. The largest absolute Gasteiger partial charge is 0.395 e. The van der Waals surface area contributed by atoms with Crippen molar-refractivity contribution in [2.24, 2.45) is 0 Å². The van der Waals surface area contributed by atoms with E-state index in [1.165, 1.54) is 5.56 Å². The van der Waals surface area contributed by atoms with E-state index in [1.54, 1.807) is 28.0 Å². The van der Waals surface area contributed by atoms with Crippen molar-refractivity contribution in [1.82, 2.24) is 14.3 Å². The zero-order chi connectivity index (χ0) is 16.2. The SMILES string of the molecule is Cc1cccn2c(=O)cc(CN(CCO)Cc3ccsc3)nc12. The van der Waals surface area contributed by atoms with Gasteiger partial charge in [-0.2, -0.15) is 11.3 Å². The minimum atomic E-state index is -0.0758. The summed E-state index contributed by atoms with van der Waals surface area (Å²) in [6, 6.07) is 7.44. The molecule has 0 spiro atoms. The van der Waals surface area contributed by atoms with Gasteiger partial charge in [0.15, 0.2) is 0 Å². The minimum Gasteiger partial charge on any atom is -0.395 e. The molecule has 0 aliphatic rings. The molecular formula is C17H19N3O2S. The van der Waals surface area contributed by atoms with Crippen LogP contribution in [0.15, 0.2) is 46.0 Å². The Kier molecular flexibility index (Phi) is 4.85. The fraction of sp³-hybridized carbons (Fsp3) is 0.294. The van der Waals surface area contributed by atoms with Crippen LogP contribution in [-0.4, -0.2) is 32.5 Å². The first-order chi connectivity index (χ1) is 11.2. The maximum absolute atomic E-state index is 12.3. The summed E-state index contributed by atoms with van der Waals surface area (Å²) in [7, 11) is 0. The number of aliphatic hydroxyl groups excluding tert-OH is 1. The molecule has 6 heteroatoms. The highest BCUT2D eigenvalue weighted by Crippen LogP contribution is 2.12. The van der Waals surface area contributed by atoms with Crippen molar-refractivity contribution in [1.29, 1.82) is 0 Å². The summed E-state index contributed by atoms with van der Waals surface area (Å²) in [6.45, 7) is 3.85. The van der Waals surface area contributed by atoms with Crippen LogP contribution < -0.4 is 5.56 Å². The van der Waals surface area contributed by atoms with E-state index in [9.17, 15) is 9.90 Å². The van der Waals surface area contributed by atoms with E-state index in [0.717, 1.165) is 17.8 Å². The van der Waals surface area contributed by atoms with Gasteiger partial charge in [0.25, 0.3) is 5.56 Å². The standard InChI is InChI=1S/C17H19N3O2S/c1-13-3-2-5-20-16(22)9-15(18-17(13)20)11-19(6-7-21)10-14-4-8-23-12-14/h2-5,8-9,12,21H,6-7,10-11H2,1H3. The van der Waals surface area contributed by atoms with E-state index in [1.807, 2.05) is 24.4 Å². The van der Waals surface area contributed by atoms with Crippen LogP contribution in [0.2, 0.25) is 0 Å². The molecule has 0 radical (unpaired) electrons. The highest BCUT2D eigenvalue weighted by atomic mass is 32.1. The molecule has 0 aromatic carbocycles. The molecule has 3 aromatic rings. The topological polar surface area (TPSA) is 57.8 Å². The molecule has 0 aliphatic heterocycles. The van der Waals surface area contributed by atoms with Gasteiger partial charge in [0.1, 0.15) is 5.65 Å². The zero-order valence-corrected chi connectivity index (χ0v) is 13.8. The minimum absolute atomic E-state index is 0.0758. The molecule has 3 heterocycles. The average molecular weight is 329 g/mol. The molecule has 0 saturated carbocycles. The van der Waals surface area contributed by atoms with Gasteiger partial charge >= 0.3 is 0 Å². The smallest absolute Gasteiger partial charge is 0.258 e. The number of nitrogens with zero attached hydrogens (tertiary/aromatic N) is 3. The summed E-state index contributed by atoms with van der Waals surface area (Å²) in [4.78, 5) is 19.0. The van der Waals surface area contributed by atoms with E-state index in [0.29, 0.717) is 18.7 Å². The van der Waals surface area contributed by atoms with Gasteiger partial charge in [-0.3, -0.25) is 14.1 Å². The highest BCUT2D eigenvalue weighted by Gasteiger charge is 2.10. The van der Waals surface area contributed by atoms with E-state index in [4.69, 9.17) is 0 Å². The number of rotatable bonds is 6. The number of hydrogen-bond acceptors (Lipinski definition) is 5. The lowest BCUT2D eigenvalue weighted by Crippen LogP contribution is -2.27. The van der Waals surface area contributed by atoms with Gasteiger partial charge in [0.05, 0.1) is 12.3 Å². The highest BCUT2D eigenvalue weighted by molar-refractivity contribution is 7.07. The summed E-state index contributed by atoms with van der Waals surface area (Å²) in [5.41, 5.74) is 3.52. The van der Waals surface area contributed by atoms with Crippen LogP contribution in [-0.2, 0) is 13.1 Å². The van der Waals surface area contributed by atoms with Crippen molar-refractivity contribution in [3.63, 3.8) is 0 Å². The van der Waals surface area contributed by atoms with Crippen LogP contribution in [0.25, 0.3) is 5.65 Å². The Bertz CT molecular complexity index is 843. The summed E-state index contributed by atoms with van der Waals surface area (Å²) in [5, 5.41) is 13.4. The van der Waals surface area contributed by atoms with Crippen LogP contribution in [0.3, 0.4) is 0 Å². The molecule has 0 fully saturated rings. The van der Waals surface area contributed by atoms with E-state index in [-0.39, 0.29) is 12.2 Å². The molecule has 1 N–H and O–H groups in total. The maximum atomic E-state index is 12.3. The van der Waals surface area contributed by atoms with E-state index >= 15 is 0 Å². The van der Waals surface area contributed by atoms with Crippen LogP contribution in [0.5, 0.6) is 0 Å². The summed E-state index contributed by atoms with van der Waals surface area (Å²) < 4.78 is 1.56. The number of fused-ring (bicyclic) bond motifs is 1. The molecular weight excluding hydrogens is 310 g/mol. The number of hydrogen-bond donors (Lipinski definition) is 1. The number of aliphatic hydroxyl groups is 1. The Morgan fingerprint density at radius 1 is 1.35 bits per heavy atom. The van der Waals surface area contributed by atoms with Gasteiger partial charge in [-0.25, -0.2) is 4.98 Å². The second-order valence-corrected chi connectivity index (χ2v) is 6.32. The molecule has 0 aliphatic carbocycles. The molecule has 0 atom stereocenters. The van der Waals surface area contributed by atoms with E-state index < -0.39 is 0 Å². The third kappa shape index (κ3) is 3.67. The van der Waals surface area contributed by atoms with Gasteiger partial charge < -0.3 is 5.11 Å². The Hall–Kier alpha value is -2.02. The third-order valence-electron chi connectivity index (χ3n) is 3.73. The fourth-order valence-electron chi connectivity index (χ4n) is 2.62. The van der Waals surface area contributed by atoms with Crippen LogP contribution in [0, 0.1) is 6.92 Å². The van der Waals surface area contributed by atoms with Crippen molar-refractivity contribution in [2.45, 2.75) is 20.0 Å². The van der Waals surface area contributed by atoms with Crippen molar-refractivity contribution in [3.8, 4) is 0 Å². The number of aryl methyl sites for hydroxylation is 1. The molecule has 0 unspecified atom stereocenters. The lowest BCUT2D eigenvalue weighted by Gasteiger charge is -2.20. The molecule has 0 bridgehead atoms. The predicted octanol–water partition coefficient (Wildman–Crippen LogP) is 2.06. The molecule has 3 aromatic heterocycles. The number of thiophene rings is 1. The molecule has 0 amide bonds. The Morgan fingerprint density at radius 2 is 2.22 bits per heavy atom. The molecule has 23 heavy (non-hydrogen) atoms. The van der Waals surface area contributed by atoms with Crippen molar-refractivity contribution >= 4 is 17.0 Å². The summed E-state index contributed by atoms with van der Waals surface area (Å²) in [6.07, 6.45) is 1.73. The van der Waals surface area contributed by atoms with Gasteiger partial charge in [-0.05, 0) is 40.9 Å². The maximum Gasteiger partial charge on any atom is 0.258 e. The first-order valence-electron chi connectivity index (χ1n) is 7.49. The average Bonchev–Trinajstić information content (AvgIpc) is 3.02. The molecule has 5 nitrogen and oxygen atoms in total. The molecule has 0 saturated heterocycles. The van der Waals surface area contributed by atoms with Crippen molar-refractivity contribution < 1.29 is 5.11 Å². The lowest BCUT2D eigenvalue weighted by atomic mass is 10.2. The molecule has 3 rings (SSSR count). The zero-order valence-electron chi connectivity index (χ0n) is 13.0. The summed E-state index contributed by atoms with van der Waals surface area (Å²) in [5.74, 6) is 0. The van der Waals surface area contributed by atoms with Crippen molar-refractivity contribution in [3.05, 3.63) is 68.4 Å². The van der Waals surface area contributed by atoms with Crippen LogP contribution in [0.4, 0.5) is 0 Å². The predicted molar refractivity (Wildman–Crippen MR) is 91.7 cm³/mol. The fourth-order valence-corrected chi connectivity index (χ4v) is 3.27. The Balaban J connectivity index is 1.89. The third-order valence-corrected chi connectivity index (χ3v) is 4.46. The second kappa shape index (κ2) is 7.04. The van der Waals surface area contributed by atoms with Crippen LogP contribution >= 0.6 is 11.3 Å². The van der Waals surface area contributed by atoms with Gasteiger partial charge in [-0.1, -0.05) is 6.07 Å². The van der Waals surface area contributed by atoms with Gasteiger partial charge in [0, 0.05) is 31.9 Å². The Morgan fingerprint density at radius 3 is 2.96 bits per heavy atom. The van der Waals surface area contributed by atoms with Crippen molar-refractivity contribution in [2.75, 3.05) is 13.2 Å². The molecule has 120 valence electrons. The first-order valence-corrected chi connectivity index (χ1v) is 8.44.